The maximum absolute atomic E-state index is 6.00. The van der Waals surface area contributed by atoms with Crippen molar-refractivity contribution >= 4 is 5.69 Å². The average molecular weight is 259 g/mol. The molecule has 0 radical (unpaired) electrons. The number of aryl methyl sites for hydroxylation is 2. The van der Waals surface area contributed by atoms with Gasteiger partial charge in [-0.3, -0.25) is 16.0 Å². The minimum Gasteiger partial charge on any atom is -0.398 e. The lowest BCUT2D eigenvalue weighted by Gasteiger charge is -2.18. The Hall–Kier alpha value is -1.85. The maximum Gasteiger partial charge on any atom is 0.0624 e. The molecule has 0 aliphatic rings. The van der Waals surface area contributed by atoms with Crippen LogP contribution in [0.5, 0.6) is 0 Å². The van der Waals surface area contributed by atoms with Crippen molar-refractivity contribution < 1.29 is 0 Å². The molecule has 0 amide bonds. The van der Waals surface area contributed by atoms with Gasteiger partial charge in [0.2, 0.25) is 0 Å². The number of nitrogen functional groups attached to an aromatic ring is 1. The number of hydrazine groups is 1. The van der Waals surface area contributed by atoms with E-state index in [9.17, 15) is 0 Å². The van der Waals surface area contributed by atoms with Crippen LogP contribution in [0.3, 0.4) is 0 Å². The van der Waals surface area contributed by atoms with Crippen LogP contribution in [0.1, 0.15) is 29.9 Å². The van der Waals surface area contributed by atoms with Gasteiger partial charge in [-0.05, 0) is 24.1 Å². The first-order chi connectivity index (χ1) is 9.15. The third-order valence-corrected chi connectivity index (χ3v) is 3.38. The van der Waals surface area contributed by atoms with E-state index in [1.807, 2.05) is 36.0 Å². The minimum atomic E-state index is -0.0127. The van der Waals surface area contributed by atoms with E-state index in [0.717, 1.165) is 35.5 Å². The van der Waals surface area contributed by atoms with Gasteiger partial charge in [-0.15, -0.1) is 0 Å². The van der Waals surface area contributed by atoms with Crippen molar-refractivity contribution in [2.24, 2.45) is 12.9 Å². The van der Waals surface area contributed by atoms with Crippen LogP contribution < -0.4 is 17.0 Å². The molecule has 5 nitrogen and oxygen atoms in total. The molecule has 1 atom stereocenters. The van der Waals surface area contributed by atoms with E-state index in [1.54, 1.807) is 0 Å². The first kappa shape index (κ1) is 13.6. The van der Waals surface area contributed by atoms with Crippen molar-refractivity contribution in [3.05, 3.63) is 47.3 Å². The first-order valence-corrected chi connectivity index (χ1v) is 6.48. The standard InChI is InChI=1S/C14H21N5/c1-3-10-8-11(19(2)18-10)9-14(17-16)12-6-4-5-7-13(12)15/h4-8,14,17H,3,9,15-16H2,1-2H3. The molecule has 0 aliphatic carbocycles. The zero-order valence-electron chi connectivity index (χ0n) is 11.4. The number of nitrogens with one attached hydrogen (secondary N) is 1. The largest absolute Gasteiger partial charge is 0.398 e. The molecule has 0 bridgehead atoms. The van der Waals surface area contributed by atoms with Gasteiger partial charge < -0.3 is 5.73 Å². The Labute approximate surface area is 113 Å². The van der Waals surface area contributed by atoms with Gasteiger partial charge in [0, 0.05) is 24.8 Å². The van der Waals surface area contributed by atoms with Crippen LogP contribution in [-0.4, -0.2) is 9.78 Å². The molecule has 0 fully saturated rings. The van der Waals surface area contributed by atoms with Gasteiger partial charge in [0.05, 0.1) is 11.7 Å². The Morgan fingerprint density at radius 1 is 1.37 bits per heavy atom. The highest BCUT2D eigenvalue weighted by Gasteiger charge is 2.15. The maximum atomic E-state index is 6.00. The number of para-hydroxylation sites is 1. The topological polar surface area (TPSA) is 81.9 Å². The summed E-state index contributed by atoms with van der Waals surface area (Å²) in [6, 6.07) is 9.88. The van der Waals surface area contributed by atoms with Crippen molar-refractivity contribution in [1.82, 2.24) is 15.2 Å². The molecular weight excluding hydrogens is 238 g/mol. The summed E-state index contributed by atoms with van der Waals surface area (Å²) < 4.78 is 1.91. The van der Waals surface area contributed by atoms with E-state index < -0.39 is 0 Å². The second-order valence-electron chi connectivity index (χ2n) is 4.66. The van der Waals surface area contributed by atoms with Gasteiger partial charge in [-0.2, -0.15) is 5.10 Å². The molecule has 0 saturated carbocycles. The summed E-state index contributed by atoms with van der Waals surface area (Å²) in [6.07, 6.45) is 1.69. The molecule has 2 aromatic rings. The molecule has 1 aromatic heterocycles. The number of nitrogens with zero attached hydrogens (tertiary/aromatic N) is 2. The molecule has 102 valence electrons. The van der Waals surface area contributed by atoms with Crippen LogP contribution in [0.2, 0.25) is 0 Å². The van der Waals surface area contributed by atoms with Gasteiger partial charge in [0.15, 0.2) is 0 Å². The van der Waals surface area contributed by atoms with Crippen LogP contribution in [0, 0.1) is 0 Å². The van der Waals surface area contributed by atoms with Crippen LogP contribution in [0.15, 0.2) is 30.3 Å². The summed E-state index contributed by atoms with van der Waals surface area (Å²) in [7, 11) is 1.95. The summed E-state index contributed by atoms with van der Waals surface area (Å²) >= 11 is 0. The van der Waals surface area contributed by atoms with E-state index in [-0.39, 0.29) is 6.04 Å². The minimum absolute atomic E-state index is 0.0127. The second-order valence-corrected chi connectivity index (χ2v) is 4.66. The Morgan fingerprint density at radius 2 is 2.11 bits per heavy atom. The predicted octanol–water partition coefficient (Wildman–Crippen LogP) is 1.31. The molecule has 0 saturated heterocycles. The van der Waals surface area contributed by atoms with E-state index in [4.69, 9.17) is 11.6 Å². The molecule has 5 N–H and O–H groups in total. The zero-order valence-corrected chi connectivity index (χ0v) is 11.4. The number of benzene rings is 1. The lowest BCUT2D eigenvalue weighted by molar-refractivity contribution is 0.531. The van der Waals surface area contributed by atoms with Gasteiger partial charge in [-0.1, -0.05) is 25.1 Å². The highest BCUT2D eigenvalue weighted by molar-refractivity contribution is 5.48. The van der Waals surface area contributed by atoms with E-state index in [2.05, 4.69) is 23.5 Å². The Balaban J connectivity index is 2.24. The van der Waals surface area contributed by atoms with E-state index in [0.29, 0.717) is 0 Å². The zero-order chi connectivity index (χ0) is 13.8. The van der Waals surface area contributed by atoms with Gasteiger partial charge in [0.25, 0.3) is 0 Å². The molecule has 1 aromatic carbocycles. The van der Waals surface area contributed by atoms with E-state index >= 15 is 0 Å². The summed E-state index contributed by atoms with van der Waals surface area (Å²) in [5.41, 5.74) is 12.8. The van der Waals surface area contributed by atoms with Crippen molar-refractivity contribution in [2.75, 3.05) is 5.73 Å². The second kappa shape index (κ2) is 5.86. The smallest absolute Gasteiger partial charge is 0.0624 e. The van der Waals surface area contributed by atoms with Crippen LogP contribution in [-0.2, 0) is 19.9 Å². The average Bonchev–Trinajstić information content (AvgIpc) is 2.77. The van der Waals surface area contributed by atoms with E-state index in [1.165, 1.54) is 0 Å². The molecule has 1 unspecified atom stereocenters. The number of hydrogen-bond acceptors (Lipinski definition) is 4. The lowest BCUT2D eigenvalue weighted by atomic mass is 10.0. The number of nitrogens with two attached hydrogens (primary N) is 2. The Bertz CT molecular complexity index is 547. The summed E-state index contributed by atoms with van der Waals surface area (Å²) in [5.74, 6) is 5.68. The highest BCUT2D eigenvalue weighted by atomic mass is 15.3. The van der Waals surface area contributed by atoms with Crippen molar-refractivity contribution in [3.8, 4) is 0 Å². The molecule has 2 rings (SSSR count). The number of anilines is 1. The van der Waals surface area contributed by atoms with Crippen molar-refractivity contribution in [3.63, 3.8) is 0 Å². The molecular formula is C14H21N5. The third-order valence-electron chi connectivity index (χ3n) is 3.38. The van der Waals surface area contributed by atoms with Crippen molar-refractivity contribution in [1.29, 1.82) is 0 Å². The molecule has 19 heavy (non-hydrogen) atoms. The normalized spacial score (nSPS) is 12.6. The number of aromatic nitrogens is 2. The highest BCUT2D eigenvalue weighted by Crippen LogP contribution is 2.23. The van der Waals surface area contributed by atoms with Crippen LogP contribution >= 0.6 is 0 Å². The Kier molecular flexibility index (Phi) is 4.19. The SMILES string of the molecule is CCc1cc(CC(NN)c2ccccc2N)n(C)n1. The third kappa shape index (κ3) is 2.94. The quantitative estimate of drug-likeness (QED) is 0.429. The van der Waals surface area contributed by atoms with Gasteiger partial charge >= 0.3 is 0 Å². The van der Waals surface area contributed by atoms with Crippen LogP contribution in [0.4, 0.5) is 5.69 Å². The van der Waals surface area contributed by atoms with Gasteiger partial charge in [0.1, 0.15) is 0 Å². The fourth-order valence-electron chi connectivity index (χ4n) is 2.23. The molecule has 0 aliphatic heterocycles. The summed E-state index contributed by atoms with van der Waals surface area (Å²) in [6.45, 7) is 2.10. The molecule has 1 heterocycles. The number of rotatable bonds is 5. The summed E-state index contributed by atoms with van der Waals surface area (Å²) in [5, 5.41) is 4.45. The van der Waals surface area contributed by atoms with Gasteiger partial charge in [-0.25, -0.2) is 0 Å². The summed E-state index contributed by atoms with van der Waals surface area (Å²) in [4.78, 5) is 0. The molecule has 5 heteroatoms. The number of hydrogen-bond donors (Lipinski definition) is 3. The van der Waals surface area contributed by atoms with Crippen molar-refractivity contribution in [2.45, 2.75) is 25.8 Å². The Morgan fingerprint density at radius 3 is 2.68 bits per heavy atom. The predicted molar refractivity (Wildman–Crippen MR) is 77.2 cm³/mol. The first-order valence-electron chi connectivity index (χ1n) is 6.48. The fourth-order valence-corrected chi connectivity index (χ4v) is 2.23. The van der Waals surface area contributed by atoms with Crippen LogP contribution in [0.25, 0.3) is 0 Å². The fraction of sp³-hybridized carbons (Fsp3) is 0.357. The lowest BCUT2D eigenvalue weighted by Crippen LogP contribution is -2.30. The molecule has 0 spiro atoms. The monoisotopic (exact) mass is 259 g/mol.